The van der Waals surface area contributed by atoms with Crippen LogP contribution in [0.4, 0.5) is 0 Å². The van der Waals surface area contributed by atoms with E-state index in [4.69, 9.17) is 4.74 Å². The van der Waals surface area contributed by atoms with E-state index in [2.05, 4.69) is 36.4 Å². The van der Waals surface area contributed by atoms with Gasteiger partial charge in [-0.2, -0.15) is 0 Å². The van der Waals surface area contributed by atoms with Crippen molar-refractivity contribution >= 4 is 22.6 Å². The third kappa shape index (κ3) is 3.21. The molecule has 72 valence electrons. The number of ether oxygens (including phenoxy) is 1. The Kier molecular flexibility index (Phi) is 4.87. The summed E-state index contributed by atoms with van der Waals surface area (Å²) < 4.78 is 6.56. The summed E-state index contributed by atoms with van der Waals surface area (Å²) in [5, 5.41) is 0. The molecule has 1 nitrogen and oxygen atoms in total. The van der Waals surface area contributed by atoms with Crippen LogP contribution in [0.2, 0.25) is 0 Å². The summed E-state index contributed by atoms with van der Waals surface area (Å²) in [5.41, 5.74) is 0. The van der Waals surface area contributed by atoms with Crippen LogP contribution in [0.5, 0.6) is 0 Å². The van der Waals surface area contributed by atoms with Gasteiger partial charge in [-0.3, -0.25) is 0 Å². The molecule has 1 fully saturated rings. The first-order chi connectivity index (χ1) is 5.74. The van der Waals surface area contributed by atoms with Gasteiger partial charge in [-0.1, -0.05) is 42.4 Å². The topological polar surface area (TPSA) is 9.23 Å². The van der Waals surface area contributed by atoms with E-state index in [9.17, 15) is 0 Å². The second kappa shape index (κ2) is 5.43. The predicted molar refractivity (Wildman–Crippen MR) is 60.9 cm³/mol. The second-order valence-electron chi connectivity index (χ2n) is 3.72. The van der Waals surface area contributed by atoms with E-state index in [1.807, 2.05) is 0 Å². The lowest BCUT2D eigenvalue weighted by atomic mass is 10.1. The standard InChI is InChI=1S/C10H19IO/c1-3-4-5-9(11)10-7-6-8(2)12-10/h8-10H,3-7H2,1-2H3/t8-,9+,10-/m0/s1. The van der Waals surface area contributed by atoms with E-state index < -0.39 is 0 Å². The molecule has 1 aliphatic heterocycles. The minimum atomic E-state index is 0.508. The fourth-order valence-corrected chi connectivity index (χ4v) is 2.65. The van der Waals surface area contributed by atoms with Crippen LogP contribution >= 0.6 is 22.6 Å². The first-order valence-electron chi connectivity index (χ1n) is 5.03. The maximum Gasteiger partial charge on any atom is 0.0697 e. The molecule has 12 heavy (non-hydrogen) atoms. The highest BCUT2D eigenvalue weighted by Crippen LogP contribution is 2.28. The van der Waals surface area contributed by atoms with Crippen molar-refractivity contribution < 1.29 is 4.74 Å². The Morgan fingerprint density at radius 1 is 1.50 bits per heavy atom. The molecule has 0 aromatic carbocycles. The van der Waals surface area contributed by atoms with E-state index in [1.54, 1.807) is 0 Å². The molecule has 1 saturated heterocycles. The molecular formula is C10H19IO. The molecule has 2 heteroatoms. The smallest absolute Gasteiger partial charge is 0.0697 e. The highest BCUT2D eigenvalue weighted by Gasteiger charge is 2.27. The molecule has 0 N–H and O–H groups in total. The Bertz CT molecular complexity index is 127. The Labute approximate surface area is 89.4 Å². The summed E-state index contributed by atoms with van der Waals surface area (Å²) >= 11 is 2.55. The van der Waals surface area contributed by atoms with Crippen molar-refractivity contribution in [2.24, 2.45) is 0 Å². The summed E-state index contributed by atoms with van der Waals surface area (Å²) in [6.45, 7) is 4.44. The molecule has 0 saturated carbocycles. The minimum Gasteiger partial charge on any atom is -0.374 e. The molecule has 0 radical (unpaired) electrons. The molecule has 3 atom stereocenters. The van der Waals surface area contributed by atoms with Crippen molar-refractivity contribution in [1.29, 1.82) is 0 Å². The van der Waals surface area contributed by atoms with Gasteiger partial charge in [-0.05, 0) is 26.2 Å². The third-order valence-corrected chi connectivity index (χ3v) is 3.93. The average Bonchev–Trinajstić information content (AvgIpc) is 2.47. The first kappa shape index (κ1) is 10.8. The summed E-state index contributed by atoms with van der Waals surface area (Å²) in [7, 11) is 0. The SMILES string of the molecule is CCCC[C@@H](I)[C@@H]1CC[C@H](C)O1. The zero-order valence-electron chi connectivity index (χ0n) is 8.05. The molecule has 0 bridgehead atoms. The molecule has 0 aromatic rings. The van der Waals surface area contributed by atoms with Crippen molar-refractivity contribution in [2.75, 3.05) is 0 Å². The van der Waals surface area contributed by atoms with Gasteiger partial charge in [0.1, 0.15) is 0 Å². The van der Waals surface area contributed by atoms with Gasteiger partial charge in [0.25, 0.3) is 0 Å². The lowest BCUT2D eigenvalue weighted by Crippen LogP contribution is -2.20. The number of rotatable bonds is 4. The highest BCUT2D eigenvalue weighted by atomic mass is 127. The fraction of sp³-hybridized carbons (Fsp3) is 1.00. The zero-order chi connectivity index (χ0) is 8.97. The lowest BCUT2D eigenvalue weighted by molar-refractivity contribution is 0.0558. The van der Waals surface area contributed by atoms with Crippen LogP contribution in [-0.2, 0) is 4.74 Å². The van der Waals surface area contributed by atoms with E-state index in [0.29, 0.717) is 12.2 Å². The van der Waals surface area contributed by atoms with Crippen molar-refractivity contribution in [2.45, 2.75) is 62.1 Å². The van der Waals surface area contributed by atoms with Gasteiger partial charge >= 0.3 is 0 Å². The maximum absolute atomic E-state index is 5.81. The summed E-state index contributed by atoms with van der Waals surface area (Å²) in [6.07, 6.45) is 7.58. The largest absolute Gasteiger partial charge is 0.374 e. The van der Waals surface area contributed by atoms with Crippen molar-refractivity contribution in [3.8, 4) is 0 Å². The second-order valence-corrected chi connectivity index (χ2v) is 5.32. The summed E-state index contributed by atoms with van der Waals surface area (Å²) in [5.74, 6) is 0. The summed E-state index contributed by atoms with van der Waals surface area (Å²) in [4.78, 5) is 0. The van der Waals surface area contributed by atoms with Gasteiger partial charge in [-0.15, -0.1) is 0 Å². The lowest BCUT2D eigenvalue weighted by Gasteiger charge is -2.17. The molecule has 0 aliphatic carbocycles. The van der Waals surface area contributed by atoms with Crippen LogP contribution in [-0.4, -0.2) is 16.1 Å². The minimum absolute atomic E-state index is 0.508. The van der Waals surface area contributed by atoms with E-state index in [-0.39, 0.29) is 0 Å². The van der Waals surface area contributed by atoms with Crippen LogP contribution in [0.3, 0.4) is 0 Å². The van der Waals surface area contributed by atoms with Crippen molar-refractivity contribution in [3.63, 3.8) is 0 Å². The van der Waals surface area contributed by atoms with Gasteiger partial charge in [0, 0.05) is 3.92 Å². The molecule has 0 amide bonds. The predicted octanol–water partition coefficient (Wildman–Crippen LogP) is 3.55. The number of halogens is 1. The Hall–Kier alpha value is 0.690. The molecule has 1 aliphatic rings. The van der Waals surface area contributed by atoms with Crippen LogP contribution in [0.1, 0.15) is 46.0 Å². The van der Waals surface area contributed by atoms with Gasteiger partial charge < -0.3 is 4.74 Å². The normalized spacial score (nSPS) is 32.2. The highest BCUT2D eigenvalue weighted by molar-refractivity contribution is 14.1. The van der Waals surface area contributed by atoms with Crippen LogP contribution in [0, 0.1) is 0 Å². The summed E-state index contributed by atoms with van der Waals surface area (Å²) in [6, 6.07) is 0. The van der Waals surface area contributed by atoms with E-state index in [1.165, 1.54) is 32.1 Å². The molecule has 0 aromatic heterocycles. The zero-order valence-corrected chi connectivity index (χ0v) is 10.2. The number of hydrogen-bond acceptors (Lipinski definition) is 1. The molecule has 0 spiro atoms. The first-order valence-corrected chi connectivity index (χ1v) is 6.28. The van der Waals surface area contributed by atoms with Crippen LogP contribution in [0.25, 0.3) is 0 Å². The van der Waals surface area contributed by atoms with E-state index in [0.717, 1.165) is 3.92 Å². The molecule has 1 heterocycles. The van der Waals surface area contributed by atoms with E-state index >= 15 is 0 Å². The van der Waals surface area contributed by atoms with Crippen molar-refractivity contribution in [3.05, 3.63) is 0 Å². The number of hydrogen-bond donors (Lipinski definition) is 0. The Morgan fingerprint density at radius 2 is 2.25 bits per heavy atom. The van der Waals surface area contributed by atoms with Crippen molar-refractivity contribution in [1.82, 2.24) is 0 Å². The maximum atomic E-state index is 5.81. The molecule has 1 rings (SSSR count). The van der Waals surface area contributed by atoms with Gasteiger partial charge in [-0.25, -0.2) is 0 Å². The van der Waals surface area contributed by atoms with Crippen LogP contribution in [0.15, 0.2) is 0 Å². The average molecular weight is 282 g/mol. The quantitative estimate of drug-likeness (QED) is 0.566. The molecular weight excluding hydrogens is 263 g/mol. The fourth-order valence-electron chi connectivity index (χ4n) is 1.68. The number of alkyl halides is 1. The van der Waals surface area contributed by atoms with Crippen LogP contribution < -0.4 is 0 Å². The van der Waals surface area contributed by atoms with Gasteiger partial charge in [0.05, 0.1) is 12.2 Å². The monoisotopic (exact) mass is 282 g/mol. The Balaban J connectivity index is 2.18. The Morgan fingerprint density at radius 3 is 2.75 bits per heavy atom. The number of unbranched alkanes of at least 4 members (excludes halogenated alkanes) is 1. The molecule has 0 unspecified atom stereocenters. The van der Waals surface area contributed by atoms with Gasteiger partial charge in [0.2, 0.25) is 0 Å². The third-order valence-electron chi connectivity index (χ3n) is 2.50. The van der Waals surface area contributed by atoms with Gasteiger partial charge in [0.15, 0.2) is 0 Å².